The van der Waals surface area contributed by atoms with E-state index in [0.717, 1.165) is 24.6 Å². The molecule has 1 saturated heterocycles. The number of nitrogens with one attached hydrogen (secondary N) is 1. The van der Waals surface area contributed by atoms with Gasteiger partial charge >= 0.3 is 0 Å². The molecule has 5 rings (SSSR count). The first-order valence-electron chi connectivity index (χ1n) is 11.9. The minimum absolute atomic E-state index is 0.0782. The highest BCUT2D eigenvalue weighted by Crippen LogP contribution is 2.70. The van der Waals surface area contributed by atoms with Crippen LogP contribution in [-0.4, -0.2) is 28.1 Å². The number of amides is 1. The molecule has 3 fully saturated rings. The van der Waals surface area contributed by atoms with Crippen LogP contribution >= 0.6 is 0 Å². The van der Waals surface area contributed by atoms with Crippen molar-refractivity contribution in [2.75, 3.05) is 6.61 Å². The number of fused-ring (bicyclic) bond motifs is 1. The number of rotatable bonds is 6. The van der Waals surface area contributed by atoms with Crippen LogP contribution < -0.4 is 10.1 Å². The minimum atomic E-state index is 0.0782. The third-order valence-electron chi connectivity index (χ3n) is 8.63. The molecule has 1 aliphatic heterocycles. The fourth-order valence-electron chi connectivity index (χ4n) is 6.82. The molecule has 1 aromatic heterocycles. The van der Waals surface area contributed by atoms with Gasteiger partial charge in [-0.2, -0.15) is 0 Å². The van der Waals surface area contributed by atoms with Crippen molar-refractivity contribution in [1.29, 1.82) is 0 Å². The lowest BCUT2D eigenvalue weighted by Gasteiger charge is -2.53. The minimum Gasteiger partial charge on any atom is -0.486 e. The lowest BCUT2D eigenvalue weighted by Crippen LogP contribution is -2.58. The number of aryl methyl sites for hydroxylation is 1. The molecule has 2 heterocycles. The molecule has 3 aliphatic rings. The first kappa shape index (κ1) is 21.5. The number of ether oxygens (including phenoxy) is 2. The Morgan fingerprint density at radius 1 is 1.31 bits per heavy atom. The van der Waals surface area contributed by atoms with E-state index in [1.165, 1.54) is 18.4 Å². The largest absolute Gasteiger partial charge is 0.486 e. The SMILES string of the molecule is CCC(=O)N[C@H]1C(C)(C)[C@@H]2C[C@@H]3[C@@H](c4ccc(OCc5nccn5C)cc4)OCCC31C2. The third kappa shape index (κ3) is 3.35. The fraction of sp³-hybridized carbons (Fsp3) is 0.615. The average Bonchev–Trinajstić information content (AvgIpc) is 3.44. The average molecular weight is 438 g/mol. The van der Waals surface area contributed by atoms with Crippen LogP contribution in [0.15, 0.2) is 36.7 Å². The van der Waals surface area contributed by atoms with E-state index in [0.29, 0.717) is 24.9 Å². The van der Waals surface area contributed by atoms with Gasteiger partial charge in [0.2, 0.25) is 5.91 Å². The zero-order valence-electron chi connectivity index (χ0n) is 19.6. The molecule has 5 atom stereocenters. The molecule has 2 saturated carbocycles. The number of hydrogen-bond acceptors (Lipinski definition) is 4. The van der Waals surface area contributed by atoms with Gasteiger partial charge in [0.15, 0.2) is 0 Å². The van der Waals surface area contributed by atoms with Crippen molar-refractivity contribution in [3.8, 4) is 5.75 Å². The van der Waals surface area contributed by atoms with Gasteiger partial charge in [-0.1, -0.05) is 32.9 Å². The maximum Gasteiger partial charge on any atom is 0.219 e. The maximum absolute atomic E-state index is 12.4. The summed E-state index contributed by atoms with van der Waals surface area (Å²) in [4.78, 5) is 16.7. The first-order valence-corrected chi connectivity index (χ1v) is 11.9. The number of carbonyl (C=O) groups is 1. The van der Waals surface area contributed by atoms with E-state index in [2.05, 4.69) is 36.3 Å². The predicted octanol–water partition coefficient (Wildman–Crippen LogP) is 4.41. The van der Waals surface area contributed by atoms with Gasteiger partial charge in [-0.05, 0) is 59.6 Å². The normalized spacial score (nSPS) is 32.5. The quantitative estimate of drug-likeness (QED) is 0.727. The highest BCUT2D eigenvalue weighted by molar-refractivity contribution is 5.76. The predicted molar refractivity (Wildman–Crippen MR) is 122 cm³/mol. The van der Waals surface area contributed by atoms with Crippen LogP contribution in [0.1, 0.15) is 63.9 Å². The van der Waals surface area contributed by atoms with Crippen LogP contribution in [0.25, 0.3) is 0 Å². The van der Waals surface area contributed by atoms with Gasteiger partial charge in [-0.3, -0.25) is 4.79 Å². The van der Waals surface area contributed by atoms with Crippen molar-refractivity contribution in [2.24, 2.45) is 29.7 Å². The van der Waals surface area contributed by atoms with E-state index in [1.54, 1.807) is 6.20 Å². The molecule has 1 spiro atoms. The molecule has 1 amide bonds. The Kier molecular flexibility index (Phi) is 5.31. The summed E-state index contributed by atoms with van der Waals surface area (Å²) in [6.45, 7) is 7.84. The van der Waals surface area contributed by atoms with E-state index in [9.17, 15) is 4.79 Å². The van der Waals surface area contributed by atoms with Gasteiger partial charge in [0.25, 0.3) is 0 Å². The molecule has 1 aromatic carbocycles. The van der Waals surface area contributed by atoms with Crippen LogP contribution in [0.3, 0.4) is 0 Å². The molecule has 0 radical (unpaired) electrons. The monoisotopic (exact) mass is 437 g/mol. The molecule has 2 aromatic rings. The summed E-state index contributed by atoms with van der Waals surface area (Å²) < 4.78 is 14.3. The van der Waals surface area contributed by atoms with E-state index in [1.807, 2.05) is 36.9 Å². The second kappa shape index (κ2) is 7.91. The Morgan fingerprint density at radius 3 is 2.78 bits per heavy atom. The lowest BCUT2D eigenvalue weighted by atomic mass is 9.59. The van der Waals surface area contributed by atoms with E-state index in [-0.39, 0.29) is 28.9 Å². The van der Waals surface area contributed by atoms with Crippen LogP contribution in [0.5, 0.6) is 5.75 Å². The number of imidazole rings is 1. The molecular formula is C26H35N3O3. The topological polar surface area (TPSA) is 65.4 Å². The lowest BCUT2D eigenvalue weighted by molar-refractivity contribution is -0.137. The zero-order valence-corrected chi connectivity index (χ0v) is 19.6. The van der Waals surface area contributed by atoms with Gasteiger partial charge in [-0.15, -0.1) is 0 Å². The molecule has 1 N–H and O–H groups in total. The molecular weight excluding hydrogens is 402 g/mol. The standard InChI is InChI=1S/C26H35N3O3/c1-5-22(30)28-24-25(2,3)18-14-20-23(31-13-10-26(20,24)15-18)17-6-8-19(9-7-17)32-16-21-27-11-12-29(21)4/h6-9,11-12,18,20,23-24H,5,10,13-16H2,1-4H3,(H,28,30)/t18-,20-,23-,24+,26?/m1/s1. The third-order valence-corrected chi connectivity index (χ3v) is 8.63. The van der Waals surface area contributed by atoms with Gasteiger partial charge < -0.3 is 19.4 Å². The van der Waals surface area contributed by atoms with Crippen molar-refractivity contribution in [1.82, 2.24) is 14.9 Å². The Hall–Kier alpha value is -2.34. The molecule has 2 bridgehead atoms. The highest BCUT2D eigenvalue weighted by atomic mass is 16.5. The second-order valence-corrected chi connectivity index (χ2v) is 10.5. The van der Waals surface area contributed by atoms with Crippen LogP contribution in [0, 0.1) is 22.7 Å². The summed E-state index contributed by atoms with van der Waals surface area (Å²) >= 11 is 0. The smallest absolute Gasteiger partial charge is 0.219 e. The van der Waals surface area contributed by atoms with E-state index in [4.69, 9.17) is 9.47 Å². The van der Waals surface area contributed by atoms with Gasteiger partial charge in [-0.25, -0.2) is 4.98 Å². The summed E-state index contributed by atoms with van der Waals surface area (Å²) in [5.74, 6) is 2.97. The summed E-state index contributed by atoms with van der Waals surface area (Å²) in [7, 11) is 1.97. The van der Waals surface area contributed by atoms with E-state index >= 15 is 0 Å². The Morgan fingerprint density at radius 2 is 2.09 bits per heavy atom. The number of carbonyl (C=O) groups excluding carboxylic acids is 1. The summed E-state index contributed by atoms with van der Waals surface area (Å²) in [5.41, 5.74) is 1.48. The highest BCUT2D eigenvalue weighted by Gasteiger charge is 2.68. The van der Waals surface area contributed by atoms with Gasteiger partial charge in [0.05, 0.1) is 6.10 Å². The van der Waals surface area contributed by atoms with Crippen molar-refractivity contribution >= 4 is 5.91 Å². The first-order chi connectivity index (χ1) is 15.3. The van der Waals surface area contributed by atoms with Crippen molar-refractivity contribution < 1.29 is 14.3 Å². The zero-order chi connectivity index (χ0) is 22.5. The van der Waals surface area contributed by atoms with Gasteiger partial charge in [0, 0.05) is 38.5 Å². The Labute approximate surface area is 190 Å². The molecule has 1 unspecified atom stereocenters. The number of aromatic nitrogens is 2. The molecule has 32 heavy (non-hydrogen) atoms. The Balaban J connectivity index is 1.34. The molecule has 2 aliphatic carbocycles. The summed E-state index contributed by atoms with van der Waals surface area (Å²) in [6, 6.07) is 8.59. The number of benzene rings is 1. The van der Waals surface area contributed by atoms with Crippen molar-refractivity contribution in [3.05, 3.63) is 48.0 Å². The Bertz CT molecular complexity index is 982. The van der Waals surface area contributed by atoms with Crippen molar-refractivity contribution in [3.63, 3.8) is 0 Å². The second-order valence-electron chi connectivity index (χ2n) is 10.5. The number of nitrogens with zero attached hydrogens (tertiary/aromatic N) is 2. The van der Waals surface area contributed by atoms with Crippen LogP contribution in [-0.2, 0) is 23.2 Å². The molecule has 6 heteroatoms. The molecule has 172 valence electrons. The van der Waals surface area contributed by atoms with Crippen LogP contribution in [0.2, 0.25) is 0 Å². The van der Waals surface area contributed by atoms with Crippen molar-refractivity contribution in [2.45, 2.75) is 65.2 Å². The molecule has 6 nitrogen and oxygen atoms in total. The summed E-state index contributed by atoms with van der Waals surface area (Å²) in [5, 5.41) is 3.43. The summed E-state index contributed by atoms with van der Waals surface area (Å²) in [6.07, 6.45) is 7.73. The van der Waals surface area contributed by atoms with Crippen LogP contribution in [0.4, 0.5) is 0 Å². The van der Waals surface area contributed by atoms with E-state index < -0.39 is 0 Å². The number of hydrogen-bond donors (Lipinski definition) is 1. The fourth-order valence-corrected chi connectivity index (χ4v) is 6.82. The van der Waals surface area contributed by atoms with Gasteiger partial charge in [0.1, 0.15) is 18.2 Å². The maximum atomic E-state index is 12.4.